The molecule has 3 rings (SSSR count). The predicted octanol–water partition coefficient (Wildman–Crippen LogP) is 2.56. The summed E-state index contributed by atoms with van der Waals surface area (Å²) in [7, 11) is 0. The summed E-state index contributed by atoms with van der Waals surface area (Å²) in [5, 5.41) is 14.3. The van der Waals surface area contributed by atoms with E-state index in [9.17, 15) is 0 Å². The lowest BCUT2D eigenvalue weighted by Crippen LogP contribution is -2.01. The van der Waals surface area contributed by atoms with Crippen LogP contribution >= 0.6 is 0 Å². The molecule has 0 N–H and O–H groups in total. The molecule has 2 heterocycles. The van der Waals surface area contributed by atoms with Gasteiger partial charge in [-0.05, 0) is 31.0 Å². The van der Waals surface area contributed by atoms with Crippen molar-refractivity contribution in [2.24, 2.45) is 0 Å². The van der Waals surface area contributed by atoms with Crippen molar-refractivity contribution < 1.29 is 4.42 Å². The van der Waals surface area contributed by atoms with E-state index in [-0.39, 0.29) is 0 Å². The van der Waals surface area contributed by atoms with Gasteiger partial charge in [0.05, 0.1) is 12.1 Å². The van der Waals surface area contributed by atoms with Crippen LogP contribution in [0.5, 0.6) is 0 Å². The molecule has 0 aliphatic rings. The van der Waals surface area contributed by atoms with E-state index in [1.54, 1.807) is 17.1 Å². The monoisotopic (exact) mass is 252 g/mol. The van der Waals surface area contributed by atoms with Crippen molar-refractivity contribution in [2.75, 3.05) is 0 Å². The smallest absolute Gasteiger partial charge is 0.152 e. The number of aryl methyl sites for hydroxylation is 2. The van der Waals surface area contributed by atoms with Crippen molar-refractivity contribution in [3.8, 4) is 6.07 Å². The van der Waals surface area contributed by atoms with Crippen LogP contribution < -0.4 is 0 Å². The van der Waals surface area contributed by atoms with Gasteiger partial charge in [0.2, 0.25) is 0 Å². The van der Waals surface area contributed by atoms with E-state index in [2.05, 4.69) is 16.2 Å². The molecule has 0 bridgehead atoms. The van der Waals surface area contributed by atoms with Crippen LogP contribution in [0.25, 0.3) is 11.0 Å². The van der Waals surface area contributed by atoms with Crippen LogP contribution in [0.15, 0.2) is 29.2 Å². The average Bonchev–Trinajstić information content (AvgIpc) is 3.00. The fourth-order valence-corrected chi connectivity index (χ4v) is 2.25. The molecule has 94 valence electrons. The molecular weight excluding hydrogens is 240 g/mol. The van der Waals surface area contributed by atoms with E-state index in [0.717, 1.165) is 22.3 Å². The van der Waals surface area contributed by atoms with Crippen molar-refractivity contribution in [3.63, 3.8) is 0 Å². The van der Waals surface area contributed by atoms with Crippen LogP contribution in [-0.4, -0.2) is 14.8 Å². The van der Waals surface area contributed by atoms with Crippen LogP contribution in [-0.2, 0) is 6.54 Å². The van der Waals surface area contributed by atoms with Crippen LogP contribution in [0.3, 0.4) is 0 Å². The van der Waals surface area contributed by atoms with E-state index >= 15 is 0 Å². The van der Waals surface area contributed by atoms with Crippen molar-refractivity contribution in [3.05, 3.63) is 47.2 Å². The minimum Gasteiger partial charge on any atom is -0.460 e. The number of aromatic nitrogens is 3. The largest absolute Gasteiger partial charge is 0.460 e. The summed E-state index contributed by atoms with van der Waals surface area (Å²) in [6.07, 6.45) is 3.18. The van der Waals surface area contributed by atoms with Gasteiger partial charge in [-0.25, -0.2) is 9.67 Å². The molecule has 0 fully saturated rings. The Morgan fingerprint density at radius 3 is 2.89 bits per heavy atom. The van der Waals surface area contributed by atoms with Gasteiger partial charge in [-0.1, -0.05) is 6.07 Å². The third-order valence-corrected chi connectivity index (χ3v) is 3.32. The van der Waals surface area contributed by atoms with Crippen LogP contribution in [0, 0.1) is 25.2 Å². The molecule has 5 nitrogen and oxygen atoms in total. The molecule has 0 amide bonds. The lowest BCUT2D eigenvalue weighted by Gasteiger charge is -2.04. The van der Waals surface area contributed by atoms with Crippen LogP contribution in [0.2, 0.25) is 0 Å². The quantitative estimate of drug-likeness (QED) is 0.703. The Bertz CT molecular complexity index is 778. The van der Waals surface area contributed by atoms with Crippen molar-refractivity contribution in [2.45, 2.75) is 20.4 Å². The van der Waals surface area contributed by atoms with E-state index in [4.69, 9.17) is 9.68 Å². The fraction of sp³-hybridized carbons (Fsp3) is 0.214. The van der Waals surface area contributed by atoms with Gasteiger partial charge in [-0.3, -0.25) is 0 Å². The Morgan fingerprint density at radius 2 is 2.21 bits per heavy atom. The third kappa shape index (κ3) is 1.78. The molecule has 5 heteroatoms. The first-order valence-corrected chi connectivity index (χ1v) is 5.95. The van der Waals surface area contributed by atoms with Crippen molar-refractivity contribution >= 4 is 11.0 Å². The van der Waals surface area contributed by atoms with E-state index in [0.29, 0.717) is 17.7 Å². The van der Waals surface area contributed by atoms with Crippen LogP contribution in [0.1, 0.15) is 22.5 Å². The first-order chi connectivity index (χ1) is 9.20. The highest BCUT2D eigenvalue weighted by Gasteiger charge is 2.15. The normalized spacial score (nSPS) is 10.8. The number of benzene rings is 1. The molecule has 0 unspecified atom stereocenters. The summed E-state index contributed by atoms with van der Waals surface area (Å²) in [6, 6.07) is 5.91. The molecule has 0 atom stereocenters. The van der Waals surface area contributed by atoms with Gasteiger partial charge in [0.15, 0.2) is 5.58 Å². The molecule has 0 aliphatic heterocycles. The molecular formula is C14H12N4O. The van der Waals surface area contributed by atoms with Gasteiger partial charge in [-0.15, -0.1) is 0 Å². The van der Waals surface area contributed by atoms with E-state index in [1.165, 1.54) is 6.33 Å². The van der Waals surface area contributed by atoms with Gasteiger partial charge in [0.25, 0.3) is 0 Å². The van der Waals surface area contributed by atoms with Gasteiger partial charge in [0, 0.05) is 5.39 Å². The summed E-state index contributed by atoms with van der Waals surface area (Å²) in [5.74, 6) is 0.845. The second-order valence-corrected chi connectivity index (χ2v) is 4.46. The topological polar surface area (TPSA) is 67.6 Å². The zero-order valence-electron chi connectivity index (χ0n) is 10.7. The van der Waals surface area contributed by atoms with Gasteiger partial charge < -0.3 is 4.42 Å². The average molecular weight is 252 g/mol. The number of nitriles is 1. The summed E-state index contributed by atoms with van der Waals surface area (Å²) < 4.78 is 7.47. The Morgan fingerprint density at radius 1 is 1.37 bits per heavy atom. The second-order valence-electron chi connectivity index (χ2n) is 4.46. The maximum Gasteiger partial charge on any atom is 0.152 e. The summed E-state index contributed by atoms with van der Waals surface area (Å²) in [4.78, 5) is 3.94. The molecule has 0 aliphatic carbocycles. The number of hydrogen-bond acceptors (Lipinski definition) is 4. The first kappa shape index (κ1) is 11.5. The van der Waals surface area contributed by atoms with Crippen LogP contribution in [0.4, 0.5) is 0 Å². The Hall–Kier alpha value is -2.61. The lowest BCUT2D eigenvalue weighted by atomic mass is 10.0. The Balaban J connectivity index is 2.23. The Labute approximate surface area is 110 Å². The third-order valence-electron chi connectivity index (χ3n) is 3.32. The molecule has 2 aromatic heterocycles. The number of fused-ring (bicyclic) bond motifs is 1. The van der Waals surface area contributed by atoms with Gasteiger partial charge in [0.1, 0.15) is 24.5 Å². The van der Waals surface area contributed by atoms with Crippen molar-refractivity contribution in [1.82, 2.24) is 14.8 Å². The molecule has 19 heavy (non-hydrogen) atoms. The molecule has 3 aromatic rings. The zero-order valence-corrected chi connectivity index (χ0v) is 10.7. The summed E-state index contributed by atoms with van der Waals surface area (Å²) in [5.41, 5.74) is 3.37. The highest BCUT2D eigenvalue weighted by atomic mass is 16.3. The predicted molar refractivity (Wildman–Crippen MR) is 69.5 cm³/mol. The highest BCUT2D eigenvalue weighted by molar-refractivity contribution is 5.89. The molecule has 0 spiro atoms. The van der Waals surface area contributed by atoms with Gasteiger partial charge >= 0.3 is 0 Å². The molecule has 0 radical (unpaired) electrons. The highest BCUT2D eigenvalue weighted by Crippen LogP contribution is 2.30. The Kier molecular flexibility index (Phi) is 2.57. The summed E-state index contributed by atoms with van der Waals surface area (Å²) >= 11 is 0. The second kappa shape index (κ2) is 4.25. The molecule has 0 saturated carbocycles. The number of rotatable bonds is 2. The summed E-state index contributed by atoms with van der Waals surface area (Å²) in [6.45, 7) is 4.53. The molecule has 0 saturated heterocycles. The first-order valence-electron chi connectivity index (χ1n) is 5.95. The maximum atomic E-state index is 9.15. The number of nitrogens with zero attached hydrogens (tertiary/aromatic N) is 4. The number of furan rings is 1. The minimum absolute atomic E-state index is 0.563. The van der Waals surface area contributed by atoms with E-state index in [1.807, 2.05) is 19.9 Å². The standard InChI is InChI=1S/C14H12N4O/c1-9-10(2)19-14-11(5-15)3-4-12(13(9)14)6-18-8-16-7-17-18/h3-4,7-8H,6H2,1-2H3. The van der Waals surface area contributed by atoms with E-state index < -0.39 is 0 Å². The minimum atomic E-state index is 0.563. The maximum absolute atomic E-state index is 9.15. The fourth-order valence-electron chi connectivity index (χ4n) is 2.25. The SMILES string of the molecule is Cc1oc2c(C#N)ccc(Cn3cncn3)c2c1C. The van der Waals surface area contributed by atoms with Gasteiger partial charge in [-0.2, -0.15) is 10.4 Å². The number of hydrogen-bond donors (Lipinski definition) is 0. The van der Waals surface area contributed by atoms with Crippen molar-refractivity contribution in [1.29, 1.82) is 5.26 Å². The molecule has 1 aromatic carbocycles. The lowest BCUT2D eigenvalue weighted by molar-refractivity contribution is 0.574. The zero-order chi connectivity index (χ0) is 13.4.